The van der Waals surface area contributed by atoms with Crippen LogP contribution < -0.4 is 10.4 Å². The maximum atomic E-state index is 14.9. The highest BCUT2D eigenvalue weighted by molar-refractivity contribution is 6.30. The van der Waals surface area contributed by atoms with Crippen LogP contribution in [0.5, 0.6) is 0 Å². The predicted octanol–water partition coefficient (Wildman–Crippen LogP) is 6.86. The Balaban J connectivity index is 2.01. The van der Waals surface area contributed by atoms with Crippen LogP contribution in [0.3, 0.4) is 0 Å². The van der Waals surface area contributed by atoms with Gasteiger partial charge < -0.3 is 0 Å². The van der Waals surface area contributed by atoms with Crippen LogP contribution >= 0.6 is 11.6 Å². The van der Waals surface area contributed by atoms with Gasteiger partial charge in [-0.05, 0) is 42.0 Å². The summed E-state index contributed by atoms with van der Waals surface area (Å²) in [4.78, 5) is 20.1. The van der Waals surface area contributed by atoms with Crippen molar-refractivity contribution in [1.82, 2.24) is 15.4 Å². The maximum Gasteiger partial charge on any atom is 0.417 e. The average molecular weight is 569 g/mol. The second kappa shape index (κ2) is 10.9. The minimum atomic E-state index is -5.26. The maximum absolute atomic E-state index is 14.9. The SMILES string of the molecule is CN(NC(=O)c1ccc(C(F)=CC(c2cc(F)c(F)c(Cl)c2)C(F)(F)F)cc1C(F)(F)F)c1ncccn1. The third-order valence-corrected chi connectivity index (χ3v) is 5.27. The topological polar surface area (TPSA) is 58.1 Å². The molecule has 1 atom stereocenters. The number of carbonyl (C=O) groups excluding carboxylic acids is 1. The smallest absolute Gasteiger partial charge is 0.267 e. The molecule has 0 aliphatic carbocycles. The van der Waals surface area contributed by atoms with E-state index >= 15 is 0 Å². The molecular formula is C23H14ClF9N4O. The molecule has 0 saturated carbocycles. The Morgan fingerprint density at radius 1 is 1.05 bits per heavy atom. The lowest BCUT2D eigenvalue weighted by Gasteiger charge is -2.20. The zero-order valence-corrected chi connectivity index (χ0v) is 19.6. The van der Waals surface area contributed by atoms with E-state index in [4.69, 9.17) is 11.6 Å². The molecule has 0 spiro atoms. The van der Waals surface area contributed by atoms with Crippen molar-refractivity contribution < 1.29 is 44.3 Å². The number of nitrogens with zero attached hydrogens (tertiary/aromatic N) is 3. The number of hydrogen-bond acceptors (Lipinski definition) is 4. The van der Waals surface area contributed by atoms with Crippen LogP contribution in [0.1, 0.15) is 33.0 Å². The van der Waals surface area contributed by atoms with Gasteiger partial charge in [-0.1, -0.05) is 17.7 Å². The summed E-state index contributed by atoms with van der Waals surface area (Å²) < 4.78 is 124. The first-order chi connectivity index (χ1) is 17.6. The van der Waals surface area contributed by atoms with Crippen molar-refractivity contribution in [2.24, 2.45) is 0 Å². The summed E-state index contributed by atoms with van der Waals surface area (Å²) in [6.07, 6.45) is -7.99. The zero-order valence-electron chi connectivity index (χ0n) is 18.8. The standard InChI is InChI=1S/C23H14ClF9N4O/c1-37(21-34-5-2-6-35-21)36-20(38)13-4-3-11(7-15(13)23(31,32)33)17(25)10-14(22(28,29)30)12-8-16(24)19(27)18(26)9-12/h2-10,14H,1H3,(H,36,38). The van der Waals surface area contributed by atoms with Crippen molar-refractivity contribution in [2.45, 2.75) is 18.3 Å². The third kappa shape index (κ3) is 6.54. The van der Waals surface area contributed by atoms with E-state index in [1.165, 1.54) is 25.5 Å². The second-order valence-electron chi connectivity index (χ2n) is 7.64. The number of halogens is 10. The molecule has 0 fully saturated rings. The quantitative estimate of drug-likeness (QED) is 0.200. The van der Waals surface area contributed by atoms with E-state index in [2.05, 4.69) is 15.4 Å². The number of anilines is 1. The van der Waals surface area contributed by atoms with E-state index in [0.29, 0.717) is 18.2 Å². The Morgan fingerprint density at radius 3 is 2.24 bits per heavy atom. The molecule has 3 aromatic rings. The van der Waals surface area contributed by atoms with Gasteiger partial charge in [-0.2, -0.15) is 26.3 Å². The molecule has 0 bridgehead atoms. The predicted molar refractivity (Wildman–Crippen MR) is 119 cm³/mol. The number of hydrazine groups is 1. The number of nitrogens with one attached hydrogen (secondary N) is 1. The van der Waals surface area contributed by atoms with Gasteiger partial charge in [0, 0.05) is 25.0 Å². The first-order valence-corrected chi connectivity index (χ1v) is 10.6. The van der Waals surface area contributed by atoms with E-state index in [0.717, 1.165) is 5.01 Å². The molecular weight excluding hydrogens is 555 g/mol. The number of amides is 1. The van der Waals surface area contributed by atoms with Gasteiger partial charge in [0.25, 0.3) is 5.91 Å². The molecule has 1 unspecified atom stereocenters. The molecule has 15 heteroatoms. The fourth-order valence-electron chi connectivity index (χ4n) is 3.23. The van der Waals surface area contributed by atoms with Crippen molar-refractivity contribution in [3.63, 3.8) is 0 Å². The van der Waals surface area contributed by atoms with Gasteiger partial charge in [-0.3, -0.25) is 15.2 Å². The van der Waals surface area contributed by atoms with Gasteiger partial charge in [0.2, 0.25) is 5.95 Å². The van der Waals surface area contributed by atoms with E-state index in [1.807, 2.05) is 0 Å². The highest BCUT2D eigenvalue weighted by Crippen LogP contribution is 2.41. The first kappa shape index (κ1) is 28.8. The minimum Gasteiger partial charge on any atom is -0.267 e. The Bertz CT molecular complexity index is 1340. The lowest BCUT2D eigenvalue weighted by Crippen LogP contribution is -2.41. The van der Waals surface area contributed by atoms with Crippen molar-refractivity contribution in [2.75, 3.05) is 12.1 Å². The minimum absolute atomic E-state index is 0.0736. The van der Waals surface area contributed by atoms with Gasteiger partial charge in [0.05, 0.1) is 16.1 Å². The number of rotatable bonds is 6. The summed E-state index contributed by atoms with van der Waals surface area (Å²) in [5.74, 6) is -9.42. The number of benzene rings is 2. The third-order valence-electron chi connectivity index (χ3n) is 5.00. The van der Waals surface area contributed by atoms with E-state index < -0.39 is 68.9 Å². The highest BCUT2D eigenvalue weighted by Gasteiger charge is 2.41. The summed E-state index contributed by atoms with van der Waals surface area (Å²) in [5, 5.41) is -0.0961. The molecule has 38 heavy (non-hydrogen) atoms. The molecule has 0 aliphatic rings. The van der Waals surface area contributed by atoms with Crippen LogP contribution in [0.2, 0.25) is 5.02 Å². The van der Waals surface area contributed by atoms with Gasteiger partial charge in [-0.15, -0.1) is 0 Å². The van der Waals surface area contributed by atoms with E-state index in [9.17, 15) is 44.3 Å². The van der Waals surface area contributed by atoms with E-state index in [1.54, 1.807) is 0 Å². The number of allylic oxidation sites excluding steroid dienone is 1. The van der Waals surface area contributed by atoms with Crippen molar-refractivity contribution >= 4 is 29.3 Å². The molecule has 202 valence electrons. The number of hydrogen-bond donors (Lipinski definition) is 1. The molecule has 0 saturated heterocycles. The van der Waals surface area contributed by atoms with Gasteiger partial charge in [-0.25, -0.2) is 23.1 Å². The van der Waals surface area contributed by atoms with Crippen molar-refractivity contribution in [3.8, 4) is 0 Å². The van der Waals surface area contributed by atoms with Gasteiger partial charge in [0.1, 0.15) is 11.7 Å². The molecule has 0 aliphatic heterocycles. The zero-order chi connectivity index (χ0) is 28.4. The average Bonchev–Trinajstić information content (AvgIpc) is 2.84. The number of aromatic nitrogens is 2. The first-order valence-electron chi connectivity index (χ1n) is 10.2. The Labute approximate surface area is 213 Å². The largest absolute Gasteiger partial charge is 0.417 e. The molecule has 1 heterocycles. The van der Waals surface area contributed by atoms with E-state index in [-0.39, 0.29) is 24.2 Å². The summed E-state index contributed by atoms with van der Waals surface area (Å²) in [6.45, 7) is 0. The monoisotopic (exact) mass is 568 g/mol. The second-order valence-corrected chi connectivity index (χ2v) is 8.05. The van der Waals surface area contributed by atoms with Crippen LogP contribution in [0.15, 0.2) is 54.9 Å². The molecule has 2 aromatic carbocycles. The van der Waals surface area contributed by atoms with Crippen LogP contribution in [0.4, 0.5) is 45.5 Å². The molecule has 1 aromatic heterocycles. The van der Waals surface area contributed by atoms with Crippen LogP contribution in [0.25, 0.3) is 5.83 Å². The van der Waals surface area contributed by atoms with Crippen LogP contribution in [-0.4, -0.2) is 29.1 Å². The molecule has 0 radical (unpaired) electrons. The highest BCUT2D eigenvalue weighted by atomic mass is 35.5. The Hall–Kier alpha value is -3.81. The van der Waals surface area contributed by atoms with Gasteiger partial charge in [0.15, 0.2) is 11.6 Å². The summed E-state index contributed by atoms with van der Waals surface area (Å²) in [6, 6.07) is 3.38. The lowest BCUT2D eigenvalue weighted by atomic mass is 9.95. The van der Waals surface area contributed by atoms with Gasteiger partial charge >= 0.3 is 12.4 Å². The molecule has 5 nitrogen and oxygen atoms in total. The van der Waals surface area contributed by atoms with Crippen molar-refractivity contribution in [1.29, 1.82) is 0 Å². The number of carbonyl (C=O) groups is 1. The summed E-state index contributed by atoms with van der Waals surface area (Å²) in [5.41, 5.74) is -2.49. The fraction of sp³-hybridized carbons (Fsp3) is 0.174. The fourth-order valence-corrected chi connectivity index (χ4v) is 3.45. The molecule has 1 amide bonds. The summed E-state index contributed by atoms with van der Waals surface area (Å²) >= 11 is 5.39. The van der Waals surface area contributed by atoms with Crippen LogP contribution in [0, 0.1) is 11.6 Å². The normalized spacial score (nSPS) is 13.3. The Kier molecular flexibility index (Phi) is 8.24. The number of alkyl halides is 6. The van der Waals surface area contributed by atoms with Crippen LogP contribution in [-0.2, 0) is 6.18 Å². The summed E-state index contributed by atoms with van der Waals surface area (Å²) in [7, 11) is 1.24. The Morgan fingerprint density at radius 2 is 1.68 bits per heavy atom. The molecule has 1 N–H and O–H groups in total. The van der Waals surface area contributed by atoms with Crippen molar-refractivity contribution in [3.05, 3.63) is 93.8 Å². The molecule has 3 rings (SSSR count). The lowest BCUT2D eigenvalue weighted by molar-refractivity contribution is -0.140.